The van der Waals surface area contributed by atoms with Crippen molar-refractivity contribution in [2.45, 2.75) is 9.79 Å². The molecule has 0 radical (unpaired) electrons. The Kier molecular flexibility index (Phi) is 3.74. The Balaban J connectivity index is 2.15. The molecule has 0 saturated carbocycles. The molecule has 0 fully saturated rings. The Morgan fingerprint density at radius 1 is 1.05 bits per heavy atom. The largest absolute Gasteiger partial charge is 0.397 e. The van der Waals surface area contributed by atoms with Gasteiger partial charge in [0.2, 0.25) is 0 Å². The second kappa shape index (κ2) is 5.52. The Bertz CT molecular complexity index is 790. The van der Waals surface area contributed by atoms with Gasteiger partial charge in [-0.1, -0.05) is 53.2 Å². The van der Waals surface area contributed by atoms with Crippen LogP contribution in [-0.2, 0) is 0 Å². The van der Waals surface area contributed by atoms with Gasteiger partial charge in [-0.05, 0) is 24.3 Å². The maximum absolute atomic E-state index is 6.21. The molecule has 0 aliphatic heterocycles. The number of fused-ring (bicyclic) bond motifs is 1. The molecule has 0 aliphatic rings. The van der Waals surface area contributed by atoms with Gasteiger partial charge in [-0.15, -0.1) is 0 Å². The highest BCUT2D eigenvalue weighted by atomic mass is 35.5. The molecule has 3 aromatic rings. The van der Waals surface area contributed by atoms with E-state index in [4.69, 9.17) is 28.9 Å². The topological polar surface area (TPSA) is 38.9 Å². The lowest BCUT2D eigenvalue weighted by Gasteiger charge is -2.10. The molecule has 0 bridgehead atoms. The van der Waals surface area contributed by atoms with Crippen LogP contribution in [0.5, 0.6) is 0 Å². The Morgan fingerprint density at radius 2 is 1.85 bits per heavy atom. The number of nitrogens with two attached hydrogens (primary N) is 1. The van der Waals surface area contributed by atoms with Crippen molar-refractivity contribution in [3.05, 3.63) is 58.7 Å². The maximum atomic E-state index is 6.21. The third kappa shape index (κ3) is 2.57. The second-order valence-corrected chi connectivity index (χ2v) is 6.13. The number of rotatable bonds is 2. The van der Waals surface area contributed by atoms with Gasteiger partial charge in [0.15, 0.2) is 0 Å². The number of aromatic nitrogens is 1. The van der Waals surface area contributed by atoms with Gasteiger partial charge < -0.3 is 5.73 Å². The van der Waals surface area contributed by atoms with E-state index in [0.29, 0.717) is 15.7 Å². The first-order chi connectivity index (χ1) is 9.65. The standard InChI is InChI=1S/C15H10Cl2N2S/c16-9-5-6-11(17)14(7-9)20-15-10-3-1-2-4-13(10)19-8-12(15)18/h1-8H,18H2. The van der Waals surface area contributed by atoms with Gasteiger partial charge in [0.1, 0.15) is 0 Å². The van der Waals surface area contributed by atoms with Crippen LogP contribution in [0.1, 0.15) is 0 Å². The minimum atomic E-state index is 0.629. The fourth-order valence-corrected chi connectivity index (χ4v) is 3.41. The van der Waals surface area contributed by atoms with E-state index >= 15 is 0 Å². The zero-order valence-electron chi connectivity index (χ0n) is 10.3. The van der Waals surface area contributed by atoms with Gasteiger partial charge >= 0.3 is 0 Å². The number of hydrogen-bond donors (Lipinski definition) is 1. The zero-order chi connectivity index (χ0) is 14.1. The molecule has 100 valence electrons. The lowest BCUT2D eigenvalue weighted by Crippen LogP contribution is -1.92. The molecule has 20 heavy (non-hydrogen) atoms. The Morgan fingerprint density at radius 3 is 2.70 bits per heavy atom. The smallest absolute Gasteiger partial charge is 0.0715 e. The molecule has 0 spiro atoms. The van der Waals surface area contributed by atoms with Gasteiger partial charge in [0.05, 0.1) is 22.4 Å². The SMILES string of the molecule is Nc1cnc2ccccc2c1Sc1cc(Cl)ccc1Cl. The number of hydrogen-bond acceptors (Lipinski definition) is 3. The van der Waals surface area contributed by atoms with E-state index in [9.17, 15) is 0 Å². The summed E-state index contributed by atoms with van der Waals surface area (Å²) in [4.78, 5) is 6.15. The normalized spacial score (nSPS) is 10.9. The highest BCUT2D eigenvalue weighted by molar-refractivity contribution is 7.99. The summed E-state index contributed by atoms with van der Waals surface area (Å²) >= 11 is 13.7. The molecule has 5 heteroatoms. The number of halogens is 2. The molecule has 1 heterocycles. The number of benzene rings is 2. The van der Waals surface area contributed by atoms with Crippen molar-refractivity contribution >= 4 is 51.6 Å². The third-order valence-corrected chi connectivity index (χ3v) is 4.75. The fraction of sp³-hybridized carbons (Fsp3) is 0. The summed E-state index contributed by atoms with van der Waals surface area (Å²) in [5.41, 5.74) is 7.60. The van der Waals surface area contributed by atoms with Crippen molar-refractivity contribution in [3.8, 4) is 0 Å². The Labute approximate surface area is 130 Å². The van der Waals surface area contributed by atoms with Crippen molar-refractivity contribution in [1.82, 2.24) is 4.98 Å². The van der Waals surface area contributed by atoms with Crippen LogP contribution in [0.15, 0.2) is 58.5 Å². The van der Waals surface area contributed by atoms with Crippen molar-refractivity contribution in [3.63, 3.8) is 0 Å². The molecule has 2 aromatic carbocycles. The Hall–Kier alpha value is -1.42. The van der Waals surface area contributed by atoms with Crippen LogP contribution in [-0.4, -0.2) is 4.98 Å². The van der Waals surface area contributed by atoms with Crippen molar-refractivity contribution in [1.29, 1.82) is 0 Å². The van der Waals surface area contributed by atoms with Crippen molar-refractivity contribution < 1.29 is 0 Å². The van der Waals surface area contributed by atoms with E-state index in [0.717, 1.165) is 20.7 Å². The van der Waals surface area contributed by atoms with Gasteiger partial charge in [-0.25, -0.2) is 0 Å². The summed E-state index contributed by atoms with van der Waals surface area (Å²) in [6.07, 6.45) is 1.67. The van der Waals surface area contributed by atoms with Crippen molar-refractivity contribution in [2.75, 3.05) is 5.73 Å². The average molecular weight is 321 g/mol. The number of nitrogen functional groups attached to an aromatic ring is 1. The van der Waals surface area contributed by atoms with Gasteiger partial charge in [-0.2, -0.15) is 0 Å². The number of nitrogens with zero attached hydrogens (tertiary/aromatic N) is 1. The zero-order valence-corrected chi connectivity index (χ0v) is 12.6. The van der Waals surface area contributed by atoms with E-state index in [-0.39, 0.29) is 0 Å². The van der Waals surface area contributed by atoms with Gasteiger partial charge in [-0.3, -0.25) is 4.98 Å². The first-order valence-corrected chi connectivity index (χ1v) is 7.48. The molecule has 1 aromatic heterocycles. The summed E-state index contributed by atoms with van der Waals surface area (Å²) < 4.78 is 0. The van der Waals surface area contributed by atoms with E-state index in [1.54, 1.807) is 18.3 Å². The monoisotopic (exact) mass is 320 g/mol. The minimum absolute atomic E-state index is 0.629. The van der Waals surface area contributed by atoms with Crippen LogP contribution in [0.3, 0.4) is 0 Å². The molecule has 0 aliphatic carbocycles. The first-order valence-electron chi connectivity index (χ1n) is 5.91. The van der Waals surface area contributed by atoms with Crippen LogP contribution >= 0.6 is 35.0 Å². The summed E-state index contributed by atoms with van der Waals surface area (Å²) in [5.74, 6) is 0. The molecule has 0 unspecified atom stereocenters. The summed E-state index contributed by atoms with van der Waals surface area (Å²) in [7, 11) is 0. The molecule has 0 saturated heterocycles. The van der Waals surface area contributed by atoms with Crippen molar-refractivity contribution in [2.24, 2.45) is 0 Å². The molecular formula is C15H10Cl2N2S. The predicted octanol–water partition coefficient (Wildman–Crippen LogP) is 5.28. The van der Waals surface area contributed by atoms with E-state index < -0.39 is 0 Å². The molecular weight excluding hydrogens is 311 g/mol. The van der Waals surface area contributed by atoms with Gasteiger partial charge in [0, 0.05) is 20.2 Å². The third-order valence-electron chi connectivity index (χ3n) is 2.86. The van der Waals surface area contributed by atoms with Crippen LogP contribution < -0.4 is 5.73 Å². The average Bonchev–Trinajstić information content (AvgIpc) is 2.46. The second-order valence-electron chi connectivity index (χ2n) is 4.24. The molecule has 2 nitrogen and oxygen atoms in total. The minimum Gasteiger partial charge on any atom is -0.397 e. The van der Waals surface area contributed by atoms with E-state index in [1.807, 2.05) is 30.3 Å². The van der Waals surface area contributed by atoms with E-state index in [1.165, 1.54) is 11.8 Å². The number of para-hydroxylation sites is 1. The van der Waals surface area contributed by atoms with Crippen LogP contribution in [0.4, 0.5) is 5.69 Å². The first kappa shape index (κ1) is 13.6. The lowest BCUT2D eigenvalue weighted by atomic mass is 10.2. The predicted molar refractivity (Wildman–Crippen MR) is 86.7 cm³/mol. The molecule has 0 atom stereocenters. The number of pyridine rings is 1. The maximum Gasteiger partial charge on any atom is 0.0715 e. The highest BCUT2D eigenvalue weighted by Crippen LogP contribution is 2.40. The molecule has 0 amide bonds. The summed E-state index contributed by atoms with van der Waals surface area (Å²) in [6, 6.07) is 13.3. The fourth-order valence-electron chi connectivity index (χ4n) is 1.91. The lowest BCUT2D eigenvalue weighted by molar-refractivity contribution is 1.35. The van der Waals surface area contributed by atoms with Crippen LogP contribution in [0.25, 0.3) is 10.9 Å². The summed E-state index contributed by atoms with van der Waals surface area (Å²) in [5, 5.41) is 2.31. The van der Waals surface area contributed by atoms with Gasteiger partial charge in [0.25, 0.3) is 0 Å². The molecule has 2 N–H and O–H groups in total. The quantitative estimate of drug-likeness (QED) is 0.698. The highest BCUT2D eigenvalue weighted by Gasteiger charge is 2.11. The van der Waals surface area contributed by atoms with Crippen LogP contribution in [0, 0.1) is 0 Å². The molecule has 3 rings (SSSR count). The summed E-state index contributed by atoms with van der Waals surface area (Å²) in [6.45, 7) is 0. The number of anilines is 1. The van der Waals surface area contributed by atoms with E-state index in [2.05, 4.69) is 4.98 Å². The van der Waals surface area contributed by atoms with Crippen LogP contribution in [0.2, 0.25) is 10.0 Å².